The number of carbonyl (C=O) groups excluding carboxylic acids is 2. The number of carbonyl (C=O) groups is 2. The van der Waals surface area contributed by atoms with Gasteiger partial charge in [0.05, 0.1) is 28.4 Å². The minimum atomic E-state index is -0.430. The Morgan fingerprint density at radius 1 is 1.25 bits per heavy atom. The van der Waals surface area contributed by atoms with Gasteiger partial charge in [0.15, 0.2) is 0 Å². The van der Waals surface area contributed by atoms with E-state index < -0.39 is 5.97 Å². The fourth-order valence-electron chi connectivity index (χ4n) is 0.585. The van der Waals surface area contributed by atoms with Gasteiger partial charge in [-0.3, -0.25) is 9.59 Å². The van der Waals surface area contributed by atoms with Crippen molar-refractivity contribution >= 4 is 21.4 Å². The molecule has 0 aliphatic rings. The second kappa shape index (κ2) is 5.95. The summed E-state index contributed by atoms with van der Waals surface area (Å²) in [7, 11) is 1.83. The molecule has 0 radical (unpaired) electrons. The molecule has 70 valence electrons. The Kier molecular flexibility index (Phi) is 5.64. The van der Waals surface area contributed by atoms with Gasteiger partial charge in [0, 0.05) is 0 Å². The van der Waals surface area contributed by atoms with Crippen LogP contribution < -0.4 is 0 Å². The minimum Gasteiger partial charge on any atom is -0.463 e. The lowest BCUT2D eigenvalue weighted by molar-refractivity contribution is -0.149. The second-order valence-corrected chi connectivity index (χ2v) is 2.76. The average molecular weight is 192 g/mol. The minimum absolute atomic E-state index is 0.0645. The molecule has 0 rings (SSSR count). The van der Waals surface area contributed by atoms with Gasteiger partial charge < -0.3 is 9.26 Å². The molecule has 5 heteroatoms. The van der Waals surface area contributed by atoms with E-state index in [0.29, 0.717) is 0 Å². The highest BCUT2D eigenvalue weighted by Crippen LogP contribution is 2.00. The number of esters is 1. The average Bonchev–Trinajstić information content (AvgIpc) is 1.99. The van der Waals surface area contributed by atoms with Crippen molar-refractivity contribution in [2.45, 2.75) is 32.8 Å². The molecule has 0 spiro atoms. The van der Waals surface area contributed by atoms with E-state index in [1.54, 1.807) is 13.8 Å². The highest BCUT2D eigenvalue weighted by Gasteiger charge is 2.08. The molecule has 0 aromatic rings. The second-order valence-electron chi connectivity index (χ2n) is 2.53. The first-order valence-corrected chi connectivity index (χ1v) is 4.12. The topological polar surface area (TPSA) is 52.6 Å². The maximum atomic E-state index is 10.8. The van der Waals surface area contributed by atoms with E-state index in [1.165, 1.54) is 0 Å². The van der Waals surface area contributed by atoms with Gasteiger partial charge in [-0.2, -0.15) is 0 Å². The fourth-order valence-corrected chi connectivity index (χ4v) is 0.703. The third-order valence-corrected chi connectivity index (χ3v) is 1.29. The quantitative estimate of drug-likeness (QED) is 0.493. The molecular weight excluding hydrogens is 179 g/mol. The Labute approximate surface area is 73.9 Å². The summed E-state index contributed by atoms with van der Waals surface area (Å²) in [6.45, 7) is 3.51. The highest BCUT2D eigenvalue weighted by atomic mass is 31.0. The lowest BCUT2D eigenvalue weighted by atomic mass is 10.3. The molecule has 0 saturated carbocycles. The van der Waals surface area contributed by atoms with Crippen molar-refractivity contribution in [3.8, 4) is 0 Å². The van der Waals surface area contributed by atoms with E-state index in [-0.39, 0.29) is 24.9 Å². The molecule has 0 aromatic carbocycles. The largest absolute Gasteiger partial charge is 0.463 e. The van der Waals surface area contributed by atoms with E-state index >= 15 is 0 Å². The Bertz CT molecular complexity index is 167. The summed E-state index contributed by atoms with van der Waals surface area (Å²) in [6, 6.07) is 0. The van der Waals surface area contributed by atoms with Crippen LogP contribution in [-0.4, -0.2) is 18.0 Å². The van der Waals surface area contributed by atoms with Gasteiger partial charge in [-0.15, -0.1) is 0 Å². The molecule has 1 atom stereocenters. The van der Waals surface area contributed by atoms with Crippen molar-refractivity contribution in [3.05, 3.63) is 0 Å². The van der Waals surface area contributed by atoms with Crippen LogP contribution in [-0.2, 0) is 18.8 Å². The van der Waals surface area contributed by atoms with Gasteiger partial charge in [0.2, 0.25) is 0 Å². The fraction of sp³-hybridized carbons (Fsp3) is 0.714. The molecule has 0 N–H and O–H groups in total. The zero-order chi connectivity index (χ0) is 9.56. The molecule has 0 aliphatic heterocycles. The molecular formula is C7H13O4P. The summed E-state index contributed by atoms with van der Waals surface area (Å²) in [6.07, 6.45) is 0.00465. The number of rotatable bonds is 4. The van der Waals surface area contributed by atoms with Gasteiger partial charge in [-0.05, 0) is 13.8 Å². The van der Waals surface area contributed by atoms with Crippen molar-refractivity contribution in [2.24, 2.45) is 0 Å². The first-order valence-electron chi connectivity index (χ1n) is 3.65. The van der Waals surface area contributed by atoms with Crippen molar-refractivity contribution < 1.29 is 18.8 Å². The van der Waals surface area contributed by atoms with Crippen LogP contribution in [0.5, 0.6) is 0 Å². The predicted octanol–water partition coefficient (Wildman–Crippen LogP) is 1.05. The van der Waals surface area contributed by atoms with Gasteiger partial charge in [-0.25, -0.2) is 0 Å². The lowest BCUT2D eigenvalue weighted by Gasteiger charge is -2.06. The summed E-state index contributed by atoms with van der Waals surface area (Å²) >= 11 is 0. The summed E-state index contributed by atoms with van der Waals surface area (Å²) < 4.78 is 9.07. The van der Waals surface area contributed by atoms with Gasteiger partial charge >= 0.3 is 11.9 Å². The SMILES string of the molecule is CC(C)OC(=O)CCC(=O)OP. The van der Waals surface area contributed by atoms with Crippen molar-refractivity contribution in [2.75, 3.05) is 0 Å². The summed E-state index contributed by atoms with van der Waals surface area (Å²) in [5, 5.41) is 0. The van der Waals surface area contributed by atoms with E-state index in [2.05, 4.69) is 4.52 Å². The molecule has 0 saturated heterocycles. The number of ether oxygens (including phenoxy) is 1. The van der Waals surface area contributed by atoms with E-state index in [9.17, 15) is 9.59 Å². The third kappa shape index (κ3) is 6.10. The molecule has 1 unspecified atom stereocenters. The Morgan fingerprint density at radius 3 is 2.17 bits per heavy atom. The van der Waals surface area contributed by atoms with Crippen molar-refractivity contribution in [1.29, 1.82) is 0 Å². The van der Waals surface area contributed by atoms with Gasteiger partial charge in [-0.1, -0.05) is 0 Å². The molecule has 4 nitrogen and oxygen atoms in total. The molecule has 0 amide bonds. The van der Waals surface area contributed by atoms with E-state index in [1.807, 2.05) is 9.47 Å². The van der Waals surface area contributed by atoms with Gasteiger partial charge in [0.25, 0.3) is 0 Å². The van der Waals surface area contributed by atoms with Crippen LogP contribution in [0.2, 0.25) is 0 Å². The molecule has 0 aliphatic carbocycles. The van der Waals surface area contributed by atoms with Crippen molar-refractivity contribution in [1.82, 2.24) is 0 Å². The van der Waals surface area contributed by atoms with Crippen LogP contribution in [0.4, 0.5) is 0 Å². The summed E-state index contributed by atoms with van der Waals surface area (Å²) in [5.41, 5.74) is 0. The summed E-state index contributed by atoms with van der Waals surface area (Å²) in [5.74, 6) is -0.805. The number of hydrogen-bond donors (Lipinski definition) is 0. The molecule has 0 heterocycles. The number of hydrogen-bond acceptors (Lipinski definition) is 4. The standard InChI is InChI=1S/C7H13O4P/c1-5(2)10-6(8)3-4-7(9)11-12/h5H,3-4,12H2,1-2H3. The molecule has 12 heavy (non-hydrogen) atoms. The Morgan fingerprint density at radius 2 is 1.75 bits per heavy atom. The molecule has 0 bridgehead atoms. The summed E-state index contributed by atoms with van der Waals surface area (Å²) in [4.78, 5) is 21.4. The lowest BCUT2D eigenvalue weighted by Crippen LogP contribution is -2.12. The predicted molar refractivity (Wildman–Crippen MR) is 46.3 cm³/mol. The van der Waals surface area contributed by atoms with Crippen LogP contribution in [0.3, 0.4) is 0 Å². The monoisotopic (exact) mass is 192 g/mol. The zero-order valence-corrected chi connectivity index (χ0v) is 8.36. The van der Waals surface area contributed by atoms with Crippen molar-refractivity contribution in [3.63, 3.8) is 0 Å². The van der Waals surface area contributed by atoms with Crippen LogP contribution in [0.25, 0.3) is 0 Å². The van der Waals surface area contributed by atoms with E-state index in [4.69, 9.17) is 4.74 Å². The Hall–Kier alpha value is -0.630. The molecule has 0 aromatic heterocycles. The van der Waals surface area contributed by atoms with Crippen LogP contribution >= 0.6 is 9.47 Å². The zero-order valence-electron chi connectivity index (χ0n) is 7.20. The normalized spacial score (nSPS) is 9.67. The van der Waals surface area contributed by atoms with Gasteiger partial charge in [0.1, 0.15) is 0 Å². The van der Waals surface area contributed by atoms with Crippen LogP contribution in [0.1, 0.15) is 26.7 Å². The van der Waals surface area contributed by atoms with Crippen LogP contribution in [0.15, 0.2) is 0 Å². The maximum absolute atomic E-state index is 10.8. The smallest absolute Gasteiger partial charge is 0.308 e. The van der Waals surface area contributed by atoms with E-state index in [0.717, 1.165) is 0 Å². The molecule has 0 fully saturated rings. The first-order chi connectivity index (χ1) is 5.56. The maximum Gasteiger partial charge on any atom is 0.308 e. The van der Waals surface area contributed by atoms with Crippen LogP contribution in [0, 0.1) is 0 Å². The Balaban J connectivity index is 3.51. The highest BCUT2D eigenvalue weighted by molar-refractivity contribution is 7.10. The first kappa shape index (κ1) is 11.4. The third-order valence-electron chi connectivity index (χ3n) is 1.03.